The van der Waals surface area contributed by atoms with Crippen molar-refractivity contribution in [1.29, 1.82) is 5.26 Å². The van der Waals surface area contributed by atoms with Gasteiger partial charge in [0.1, 0.15) is 0 Å². The van der Waals surface area contributed by atoms with Gasteiger partial charge < -0.3 is 0 Å². The Balaban J connectivity index is 1.90. The maximum atomic E-state index is 9.50. The summed E-state index contributed by atoms with van der Waals surface area (Å²) in [6, 6.07) is 11.0. The maximum absolute atomic E-state index is 9.50. The Morgan fingerprint density at radius 2 is 2.06 bits per heavy atom. The molecule has 82 valence electrons. The standard InChI is InChI=1S/C15H12N2/c16-10-15(9-14(15)4-5-14)13-2-1-12-8-17-6-3-11(12)7-13/h1-3,6-8H,4-5,9H2/t15-/m0/s1. The number of benzene rings is 1. The Morgan fingerprint density at radius 1 is 1.18 bits per heavy atom. The Morgan fingerprint density at radius 3 is 2.76 bits per heavy atom. The largest absolute Gasteiger partial charge is 0.264 e. The lowest BCUT2D eigenvalue weighted by atomic mass is 9.92. The zero-order valence-corrected chi connectivity index (χ0v) is 9.48. The normalized spacial score (nSPS) is 27.9. The van der Waals surface area contributed by atoms with Gasteiger partial charge in [0.2, 0.25) is 0 Å². The number of aromatic nitrogens is 1. The summed E-state index contributed by atoms with van der Waals surface area (Å²) in [5.74, 6) is 0. The SMILES string of the molecule is N#C[C@]1(c2ccc3cnccc3c2)CC12CC2. The second kappa shape index (κ2) is 2.68. The first-order valence-corrected chi connectivity index (χ1v) is 6.05. The van der Waals surface area contributed by atoms with Crippen molar-refractivity contribution in [3.05, 3.63) is 42.2 Å². The van der Waals surface area contributed by atoms with Crippen LogP contribution in [0.5, 0.6) is 0 Å². The molecule has 0 saturated heterocycles. The smallest absolute Gasteiger partial charge is 0.0885 e. The monoisotopic (exact) mass is 220 g/mol. The minimum absolute atomic E-state index is 0.176. The van der Waals surface area contributed by atoms with E-state index in [1.807, 2.05) is 18.5 Å². The lowest BCUT2D eigenvalue weighted by molar-refractivity contribution is 0.738. The van der Waals surface area contributed by atoms with E-state index in [-0.39, 0.29) is 5.41 Å². The van der Waals surface area contributed by atoms with Crippen LogP contribution in [-0.2, 0) is 5.41 Å². The van der Waals surface area contributed by atoms with E-state index in [2.05, 4.69) is 29.3 Å². The van der Waals surface area contributed by atoms with Gasteiger partial charge in [-0.2, -0.15) is 5.26 Å². The first kappa shape index (κ1) is 9.18. The number of rotatable bonds is 1. The highest BCUT2D eigenvalue weighted by Gasteiger charge is 2.75. The van der Waals surface area contributed by atoms with Crippen LogP contribution >= 0.6 is 0 Å². The molecule has 1 heterocycles. The fraction of sp³-hybridized carbons (Fsp3) is 0.333. The van der Waals surface area contributed by atoms with Crippen molar-refractivity contribution in [2.24, 2.45) is 5.41 Å². The summed E-state index contributed by atoms with van der Waals surface area (Å²) < 4.78 is 0. The molecule has 17 heavy (non-hydrogen) atoms. The van der Waals surface area contributed by atoms with Crippen molar-refractivity contribution in [2.75, 3.05) is 0 Å². The fourth-order valence-electron chi connectivity index (χ4n) is 3.20. The molecule has 0 bridgehead atoms. The maximum Gasteiger partial charge on any atom is 0.0885 e. The molecule has 2 aliphatic rings. The molecule has 0 amide bonds. The number of hydrogen-bond acceptors (Lipinski definition) is 2. The molecule has 2 nitrogen and oxygen atoms in total. The molecule has 2 heteroatoms. The van der Waals surface area contributed by atoms with E-state index in [9.17, 15) is 5.26 Å². The summed E-state index contributed by atoms with van der Waals surface area (Å²) in [7, 11) is 0. The summed E-state index contributed by atoms with van der Waals surface area (Å²) in [6.07, 6.45) is 7.21. The van der Waals surface area contributed by atoms with Crippen molar-refractivity contribution in [1.82, 2.24) is 4.98 Å². The van der Waals surface area contributed by atoms with Crippen LogP contribution in [0.1, 0.15) is 24.8 Å². The zero-order chi connectivity index (χ0) is 11.5. The quantitative estimate of drug-likeness (QED) is 0.740. The number of fused-ring (bicyclic) bond motifs is 1. The van der Waals surface area contributed by atoms with Crippen LogP contribution < -0.4 is 0 Å². The Bertz CT molecular complexity index is 664. The summed E-state index contributed by atoms with van der Waals surface area (Å²) in [5, 5.41) is 11.8. The molecule has 4 rings (SSSR count). The molecule has 2 saturated carbocycles. The van der Waals surface area contributed by atoms with E-state index in [0.29, 0.717) is 5.41 Å². The Kier molecular flexibility index (Phi) is 1.45. The van der Waals surface area contributed by atoms with E-state index < -0.39 is 0 Å². The average molecular weight is 220 g/mol. The van der Waals surface area contributed by atoms with Gasteiger partial charge in [-0.25, -0.2) is 0 Å². The van der Waals surface area contributed by atoms with E-state index >= 15 is 0 Å². The van der Waals surface area contributed by atoms with Crippen molar-refractivity contribution in [3.8, 4) is 6.07 Å². The third kappa shape index (κ3) is 1.02. The summed E-state index contributed by atoms with van der Waals surface area (Å²) in [6.45, 7) is 0. The topological polar surface area (TPSA) is 36.7 Å². The van der Waals surface area contributed by atoms with Crippen molar-refractivity contribution < 1.29 is 0 Å². The highest BCUT2D eigenvalue weighted by molar-refractivity contribution is 5.82. The molecule has 0 aliphatic heterocycles. The molecule has 1 spiro atoms. The van der Waals surface area contributed by atoms with Crippen LogP contribution in [0.4, 0.5) is 0 Å². The van der Waals surface area contributed by atoms with Gasteiger partial charge >= 0.3 is 0 Å². The third-order valence-corrected chi connectivity index (χ3v) is 4.56. The van der Waals surface area contributed by atoms with E-state index in [4.69, 9.17) is 0 Å². The summed E-state index contributed by atoms with van der Waals surface area (Å²) in [5.41, 5.74) is 1.38. The summed E-state index contributed by atoms with van der Waals surface area (Å²) in [4.78, 5) is 4.12. The highest BCUT2D eigenvalue weighted by atomic mass is 14.8. The third-order valence-electron chi connectivity index (χ3n) is 4.56. The minimum atomic E-state index is -0.176. The highest BCUT2D eigenvalue weighted by Crippen LogP contribution is 2.78. The van der Waals surface area contributed by atoms with Gasteiger partial charge in [-0.15, -0.1) is 0 Å². The van der Waals surface area contributed by atoms with Crippen LogP contribution in [0, 0.1) is 16.7 Å². The van der Waals surface area contributed by atoms with Crippen LogP contribution in [0.15, 0.2) is 36.7 Å². The molecule has 0 radical (unpaired) electrons. The second-order valence-corrected chi connectivity index (χ2v) is 5.41. The molecule has 2 aromatic rings. The van der Waals surface area contributed by atoms with Crippen LogP contribution in [0.2, 0.25) is 0 Å². The van der Waals surface area contributed by atoms with Crippen molar-refractivity contribution in [2.45, 2.75) is 24.7 Å². The van der Waals surface area contributed by atoms with Gasteiger partial charge in [0, 0.05) is 17.8 Å². The van der Waals surface area contributed by atoms with Crippen LogP contribution in [0.3, 0.4) is 0 Å². The summed E-state index contributed by atoms with van der Waals surface area (Å²) >= 11 is 0. The van der Waals surface area contributed by atoms with Gasteiger partial charge in [0.15, 0.2) is 0 Å². The number of pyridine rings is 1. The van der Waals surface area contributed by atoms with E-state index in [1.165, 1.54) is 23.8 Å². The minimum Gasteiger partial charge on any atom is -0.264 e. The number of hydrogen-bond donors (Lipinski definition) is 0. The van der Waals surface area contributed by atoms with Gasteiger partial charge in [-0.05, 0) is 47.8 Å². The molecule has 1 aromatic heterocycles. The molecule has 0 unspecified atom stereocenters. The molecule has 2 fully saturated rings. The van der Waals surface area contributed by atoms with Crippen molar-refractivity contribution in [3.63, 3.8) is 0 Å². The van der Waals surface area contributed by atoms with Gasteiger partial charge in [-0.3, -0.25) is 4.98 Å². The average Bonchev–Trinajstić information content (AvgIpc) is 3.29. The molecular weight excluding hydrogens is 208 g/mol. The van der Waals surface area contributed by atoms with Gasteiger partial charge in [-0.1, -0.05) is 12.1 Å². The predicted octanol–water partition coefficient (Wildman–Crippen LogP) is 3.18. The predicted molar refractivity (Wildman–Crippen MR) is 65.3 cm³/mol. The number of nitrogens with zero attached hydrogens (tertiary/aromatic N) is 2. The second-order valence-electron chi connectivity index (χ2n) is 5.41. The molecular formula is C15H12N2. The van der Waals surface area contributed by atoms with Crippen molar-refractivity contribution >= 4 is 10.8 Å². The lowest BCUT2D eigenvalue weighted by Gasteiger charge is -2.09. The zero-order valence-electron chi connectivity index (χ0n) is 9.48. The fourth-order valence-corrected chi connectivity index (χ4v) is 3.20. The Hall–Kier alpha value is -1.88. The number of nitriles is 1. The lowest BCUT2D eigenvalue weighted by Crippen LogP contribution is -2.07. The first-order valence-electron chi connectivity index (χ1n) is 6.05. The van der Waals surface area contributed by atoms with Crippen LogP contribution in [0.25, 0.3) is 10.8 Å². The molecule has 1 atom stereocenters. The Labute approximate surface area is 99.9 Å². The molecule has 2 aliphatic carbocycles. The van der Waals surface area contributed by atoms with Crippen LogP contribution in [-0.4, -0.2) is 4.98 Å². The van der Waals surface area contributed by atoms with Gasteiger partial charge in [0.25, 0.3) is 0 Å². The van der Waals surface area contributed by atoms with E-state index in [0.717, 1.165) is 11.8 Å². The molecule has 1 aromatic carbocycles. The van der Waals surface area contributed by atoms with Gasteiger partial charge in [0.05, 0.1) is 11.5 Å². The molecule has 0 N–H and O–H groups in total. The first-order chi connectivity index (χ1) is 8.30. The van der Waals surface area contributed by atoms with E-state index in [1.54, 1.807) is 0 Å².